The van der Waals surface area contributed by atoms with Crippen molar-refractivity contribution in [1.29, 1.82) is 0 Å². The molecule has 1 fully saturated rings. The molecule has 1 aliphatic heterocycles. The summed E-state index contributed by atoms with van der Waals surface area (Å²) in [5.74, 6) is -2.21. The Kier molecular flexibility index (Phi) is 4.33. The first kappa shape index (κ1) is 13.8. The van der Waals surface area contributed by atoms with Gasteiger partial charge >= 0.3 is 12.1 Å². The van der Waals surface area contributed by atoms with Crippen molar-refractivity contribution in [3.05, 3.63) is 0 Å². The van der Waals surface area contributed by atoms with Gasteiger partial charge in [-0.05, 0) is 19.0 Å². The predicted octanol–water partition coefficient (Wildman–Crippen LogP) is 0.0714. The van der Waals surface area contributed by atoms with Crippen molar-refractivity contribution in [1.82, 2.24) is 10.2 Å². The summed E-state index contributed by atoms with van der Waals surface area (Å²) >= 11 is 0. The van der Waals surface area contributed by atoms with Gasteiger partial charge in [0.05, 0.1) is 0 Å². The molecule has 1 saturated heterocycles. The van der Waals surface area contributed by atoms with Crippen molar-refractivity contribution in [2.75, 3.05) is 26.2 Å². The second kappa shape index (κ2) is 5.35. The maximum atomic E-state index is 12.2. The molecule has 8 heteroatoms. The van der Waals surface area contributed by atoms with Gasteiger partial charge in [-0.2, -0.15) is 13.2 Å². The van der Waals surface area contributed by atoms with Crippen LogP contribution in [0.5, 0.6) is 0 Å². The molecule has 1 heterocycles. The SMILES string of the molecule is O=C(O)CN(CC(F)(F)F)C(=O)CC1CNC1. The fourth-order valence-corrected chi connectivity index (χ4v) is 1.48. The van der Waals surface area contributed by atoms with Crippen molar-refractivity contribution in [3.8, 4) is 0 Å². The van der Waals surface area contributed by atoms with Crippen LogP contribution in [0.3, 0.4) is 0 Å². The van der Waals surface area contributed by atoms with Crippen LogP contribution in [0, 0.1) is 5.92 Å². The highest BCUT2D eigenvalue weighted by Crippen LogP contribution is 2.18. The van der Waals surface area contributed by atoms with E-state index in [1.807, 2.05) is 0 Å². The van der Waals surface area contributed by atoms with Gasteiger partial charge in [0.2, 0.25) is 5.91 Å². The normalized spacial score (nSPS) is 16.4. The number of carboxylic acid groups (broad SMARTS) is 1. The molecule has 0 radical (unpaired) electrons. The van der Waals surface area contributed by atoms with Crippen LogP contribution < -0.4 is 5.32 Å². The first-order chi connectivity index (χ1) is 7.78. The Balaban J connectivity index is 2.53. The van der Waals surface area contributed by atoms with Gasteiger partial charge in [-0.25, -0.2) is 0 Å². The Bertz CT molecular complexity index is 302. The van der Waals surface area contributed by atoms with Gasteiger partial charge in [0.25, 0.3) is 0 Å². The largest absolute Gasteiger partial charge is 0.480 e. The molecule has 17 heavy (non-hydrogen) atoms. The highest BCUT2D eigenvalue weighted by Gasteiger charge is 2.35. The molecule has 98 valence electrons. The molecule has 0 aromatic carbocycles. The number of carboxylic acids is 1. The van der Waals surface area contributed by atoms with Crippen LogP contribution in [0.1, 0.15) is 6.42 Å². The molecule has 0 unspecified atom stereocenters. The quantitative estimate of drug-likeness (QED) is 0.728. The van der Waals surface area contributed by atoms with Gasteiger partial charge in [-0.3, -0.25) is 9.59 Å². The van der Waals surface area contributed by atoms with Crippen molar-refractivity contribution in [2.24, 2.45) is 5.92 Å². The van der Waals surface area contributed by atoms with Gasteiger partial charge < -0.3 is 15.3 Å². The molecule has 0 aliphatic carbocycles. The molecule has 0 bridgehead atoms. The predicted molar refractivity (Wildman–Crippen MR) is 51.2 cm³/mol. The molecule has 2 N–H and O–H groups in total. The van der Waals surface area contributed by atoms with E-state index in [0.29, 0.717) is 18.0 Å². The van der Waals surface area contributed by atoms with Gasteiger partial charge in [-0.15, -0.1) is 0 Å². The first-order valence-corrected chi connectivity index (χ1v) is 5.05. The summed E-state index contributed by atoms with van der Waals surface area (Å²) in [4.78, 5) is 22.2. The average molecular weight is 254 g/mol. The molecule has 0 atom stereocenters. The number of alkyl halides is 3. The molecule has 1 aliphatic rings. The molecule has 0 saturated carbocycles. The van der Waals surface area contributed by atoms with Crippen LogP contribution in [-0.2, 0) is 9.59 Å². The number of aliphatic carboxylic acids is 1. The van der Waals surface area contributed by atoms with Crippen LogP contribution in [0.2, 0.25) is 0 Å². The maximum Gasteiger partial charge on any atom is 0.406 e. The van der Waals surface area contributed by atoms with Crippen molar-refractivity contribution in [2.45, 2.75) is 12.6 Å². The van der Waals surface area contributed by atoms with E-state index in [1.165, 1.54) is 0 Å². The van der Waals surface area contributed by atoms with E-state index in [1.54, 1.807) is 0 Å². The summed E-state index contributed by atoms with van der Waals surface area (Å²) in [6.07, 6.45) is -4.63. The highest BCUT2D eigenvalue weighted by molar-refractivity contribution is 5.81. The minimum absolute atomic E-state index is 0.00651. The van der Waals surface area contributed by atoms with Gasteiger partial charge in [0, 0.05) is 6.42 Å². The number of nitrogens with one attached hydrogen (secondary N) is 1. The lowest BCUT2D eigenvalue weighted by Crippen LogP contribution is -2.47. The van der Waals surface area contributed by atoms with Crippen molar-refractivity contribution < 1.29 is 27.9 Å². The van der Waals surface area contributed by atoms with E-state index in [-0.39, 0.29) is 12.3 Å². The van der Waals surface area contributed by atoms with Gasteiger partial charge in [0.1, 0.15) is 13.1 Å². The summed E-state index contributed by atoms with van der Waals surface area (Å²) in [5.41, 5.74) is 0. The Labute approximate surface area is 95.6 Å². The second-order valence-electron chi connectivity index (χ2n) is 3.99. The minimum atomic E-state index is -4.58. The average Bonchev–Trinajstić information content (AvgIpc) is 2.06. The summed E-state index contributed by atoms with van der Waals surface area (Å²) < 4.78 is 36.5. The maximum absolute atomic E-state index is 12.2. The van der Waals surface area contributed by atoms with Gasteiger partial charge in [-0.1, -0.05) is 0 Å². The van der Waals surface area contributed by atoms with Crippen LogP contribution in [-0.4, -0.2) is 54.2 Å². The lowest BCUT2D eigenvalue weighted by molar-refractivity contribution is -0.166. The molecular weight excluding hydrogens is 241 g/mol. The number of carbonyl (C=O) groups is 2. The number of halogens is 3. The lowest BCUT2D eigenvalue weighted by atomic mass is 9.98. The van der Waals surface area contributed by atoms with Crippen LogP contribution >= 0.6 is 0 Å². The first-order valence-electron chi connectivity index (χ1n) is 5.05. The Morgan fingerprint density at radius 3 is 2.29 bits per heavy atom. The number of carbonyl (C=O) groups excluding carboxylic acids is 1. The van der Waals surface area contributed by atoms with E-state index in [0.717, 1.165) is 0 Å². The lowest BCUT2D eigenvalue weighted by Gasteiger charge is -2.29. The second-order valence-corrected chi connectivity index (χ2v) is 3.99. The third kappa shape index (κ3) is 5.03. The van der Waals surface area contributed by atoms with Crippen molar-refractivity contribution in [3.63, 3.8) is 0 Å². The number of hydrogen-bond acceptors (Lipinski definition) is 3. The van der Waals surface area contributed by atoms with E-state index >= 15 is 0 Å². The van der Waals surface area contributed by atoms with E-state index in [2.05, 4.69) is 5.32 Å². The van der Waals surface area contributed by atoms with Crippen LogP contribution in [0.15, 0.2) is 0 Å². The zero-order valence-corrected chi connectivity index (χ0v) is 8.96. The van der Waals surface area contributed by atoms with E-state index in [9.17, 15) is 22.8 Å². The smallest absolute Gasteiger partial charge is 0.406 e. The number of amides is 1. The molecule has 0 aromatic heterocycles. The third-order valence-corrected chi connectivity index (χ3v) is 2.38. The fourth-order valence-electron chi connectivity index (χ4n) is 1.48. The number of nitrogens with zero attached hydrogens (tertiary/aromatic N) is 1. The summed E-state index contributed by atoms with van der Waals surface area (Å²) in [6, 6.07) is 0. The fraction of sp³-hybridized carbons (Fsp3) is 0.778. The Hall–Kier alpha value is -1.31. The molecule has 0 aromatic rings. The van der Waals surface area contributed by atoms with Gasteiger partial charge in [0.15, 0.2) is 0 Å². The molecule has 1 amide bonds. The highest BCUT2D eigenvalue weighted by atomic mass is 19.4. The van der Waals surface area contributed by atoms with Crippen LogP contribution in [0.25, 0.3) is 0 Å². The van der Waals surface area contributed by atoms with E-state index < -0.39 is 31.1 Å². The monoisotopic (exact) mass is 254 g/mol. The zero-order valence-electron chi connectivity index (χ0n) is 8.96. The number of rotatable bonds is 5. The van der Waals surface area contributed by atoms with Crippen molar-refractivity contribution >= 4 is 11.9 Å². The molecule has 1 rings (SSSR count). The third-order valence-electron chi connectivity index (χ3n) is 2.38. The topological polar surface area (TPSA) is 69.6 Å². The minimum Gasteiger partial charge on any atom is -0.480 e. The standard InChI is InChI=1S/C9H13F3N2O3/c10-9(11,12)5-14(4-8(16)17)7(15)1-6-2-13-3-6/h6,13H,1-5H2,(H,16,17). The number of hydrogen-bond donors (Lipinski definition) is 2. The Morgan fingerprint density at radius 1 is 1.35 bits per heavy atom. The van der Waals surface area contributed by atoms with E-state index in [4.69, 9.17) is 5.11 Å². The molecule has 5 nitrogen and oxygen atoms in total. The zero-order chi connectivity index (χ0) is 13.1. The Morgan fingerprint density at radius 2 is 1.94 bits per heavy atom. The summed E-state index contributed by atoms with van der Waals surface area (Å²) in [7, 11) is 0. The molecule has 0 spiro atoms. The molecular formula is C9H13F3N2O3. The summed E-state index contributed by atoms with van der Waals surface area (Å²) in [6.45, 7) is -1.27. The summed E-state index contributed by atoms with van der Waals surface area (Å²) in [5, 5.41) is 11.3. The van der Waals surface area contributed by atoms with Crippen LogP contribution in [0.4, 0.5) is 13.2 Å².